The summed E-state index contributed by atoms with van der Waals surface area (Å²) in [5.41, 5.74) is 10.6. The minimum Gasteiger partial charge on any atom is -0.377 e. The Kier molecular flexibility index (Phi) is 16.0. The Morgan fingerprint density at radius 3 is 2.35 bits per heavy atom. The van der Waals surface area contributed by atoms with Crippen LogP contribution in [0.25, 0.3) is 10.4 Å². The van der Waals surface area contributed by atoms with E-state index < -0.39 is 6.04 Å². The summed E-state index contributed by atoms with van der Waals surface area (Å²) >= 11 is 3.49. The van der Waals surface area contributed by atoms with E-state index in [0.717, 1.165) is 53.1 Å². The van der Waals surface area contributed by atoms with Crippen molar-refractivity contribution < 1.29 is 33.4 Å². The molecule has 0 spiro atoms. The number of hydrogen-bond donors (Lipinski definition) is 5. The molecular weight excluding hydrogens is 707 g/mol. The van der Waals surface area contributed by atoms with Gasteiger partial charge in [-0.25, -0.2) is 9.78 Å². The SMILES string of the molecule is Cc1ncsc1-c1ccc([C@H](CC(=O)NCCOCCOCCOCCNC(=O)CCCC[C@@H]2SC[C@@H]3NC(=O)N[C@@H]32)N2CCCC2C(N)=O)cc1. The maximum Gasteiger partial charge on any atom is 0.315 e. The van der Waals surface area contributed by atoms with E-state index >= 15 is 0 Å². The molecule has 0 radical (unpaired) electrons. The summed E-state index contributed by atoms with van der Waals surface area (Å²) in [4.78, 5) is 56.4. The van der Waals surface area contributed by atoms with Gasteiger partial charge in [-0.05, 0) is 50.3 Å². The summed E-state index contributed by atoms with van der Waals surface area (Å²) in [6.07, 6.45) is 5.02. The van der Waals surface area contributed by atoms with E-state index in [9.17, 15) is 19.2 Å². The highest BCUT2D eigenvalue weighted by Gasteiger charge is 2.42. The molecule has 5 atom stereocenters. The predicted molar refractivity (Wildman–Crippen MR) is 201 cm³/mol. The van der Waals surface area contributed by atoms with Crippen molar-refractivity contribution in [2.24, 2.45) is 5.73 Å². The van der Waals surface area contributed by atoms with Crippen molar-refractivity contribution in [1.29, 1.82) is 0 Å². The van der Waals surface area contributed by atoms with Crippen LogP contribution in [0, 0.1) is 6.92 Å². The first-order valence-corrected chi connectivity index (χ1v) is 20.2. The molecule has 0 bridgehead atoms. The summed E-state index contributed by atoms with van der Waals surface area (Å²) < 4.78 is 16.7. The van der Waals surface area contributed by atoms with Crippen LogP contribution in [0.5, 0.6) is 0 Å². The van der Waals surface area contributed by atoms with Crippen molar-refractivity contribution in [2.45, 2.75) is 81.3 Å². The van der Waals surface area contributed by atoms with Gasteiger partial charge in [0.1, 0.15) is 0 Å². The molecule has 3 saturated heterocycles. The quantitative estimate of drug-likeness (QED) is 0.0833. The topological polar surface area (TPSA) is 186 Å². The van der Waals surface area contributed by atoms with E-state index in [0.29, 0.717) is 77.4 Å². The normalized spacial score (nSPS) is 21.8. The number of carbonyl (C=O) groups excluding carboxylic acids is 4. The number of amides is 5. The zero-order valence-corrected chi connectivity index (χ0v) is 31.6. The van der Waals surface area contributed by atoms with Crippen molar-refractivity contribution in [2.75, 3.05) is 65.0 Å². The number of nitrogens with zero attached hydrogens (tertiary/aromatic N) is 2. The van der Waals surface area contributed by atoms with Crippen molar-refractivity contribution in [3.8, 4) is 10.4 Å². The van der Waals surface area contributed by atoms with Crippen molar-refractivity contribution in [3.05, 3.63) is 41.0 Å². The molecule has 4 heterocycles. The van der Waals surface area contributed by atoms with E-state index in [2.05, 4.69) is 31.2 Å². The lowest BCUT2D eigenvalue weighted by Crippen LogP contribution is -2.43. The maximum absolute atomic E-state index is 13.0. The average molecular weight is 760 g/mol. The second-order valence-corrected chi connectivity index (χ2v) is 15.4. The summed E-state index contributed by atoms with van der Waals surface area (Å²) in [7, 11) is 0. The van der Waals surface area contributed by atoms with Gasteiger partial charge in [0.25, 0.3) is 0 Å². The molecule has 16 heteroatoms. The van der Waals surface area contributed by atoms with E-state index in [1.54, 1.807) is 11.3 Å². The number of aryl methyl sites for hydroxylation is 1. The minimum atomic E-state index is -0.394. The van der Waals surface area contributed by atoms with Crippen LogP contribution in [-0.2, 0) is 28.6 Å². The highest BCUT2D eigenvalue weighted by atomic mass is 32.2. The number of nitrogens with one attached hydrogen (secondary N) is 4. The number of thioether (sulfide) groups is 1. The van der Waals surface area contributed by atoms with Crippen LogP contribution in [0.3, 0.4) is 0 Å². The molecule has 1 unspecified atom stereocenters. The molecular formula is C36H53N7O7S2. The molecule has 1 aromatic heterocycles. The van der Waals surface area contributed by atoms with Gasteiger partial charge in [0.2, 0.25) is 17.7 Å². The van der Waals surface area contributed by atoms with Crippen LogP contribution in [0.2, 0.25) is 0 Å². The fourth-order valence-corrected chi connectivity index (χ4v) is 9.36. The van der Waals surface area contributed by atoms with Crippen LogP contribution in [0.4, 0.5) is 4.79 Å². The van der Waals surface area contributed by atoms with Gasteiger partial charge in [-0.3, -0.25) is 19.3 Å². The van der Waals surface area contributed by atoms with Gasteiger partial charge in [-0.15, -0.1) is 11.3 Å². The molecule has 3 aliphatic heterocycles. The molecule has 5 rings (SSSR count). The monoisotopic (exact) mass is 759 g/mol. The number of unbranched alkanes of at least 4 members (excludes halogenated alkanes) is 1. The zero-order chi connectivity index (χ0) is 36.7. The Morgan fingerprint density at radius 1 is 0.981 bits per heavy atom. The Labute approximate surface area is 314 Å². The van der Waals surface area contributed by atoms with Gasteiger partial charge in [0, 0.05) is 43.0 Å². The van der Waals surface area contributed by atoms with Gasteiger partial charge in [0.05, 0.1) is 73.8 Å². The third-order valence-electron chi connectivity index (χ3n) is 9.67. The molecule has 3 fully saturated rings. The second kappa shape index (κ2) is 20.8. The highest BCUT2D eigenvalue weighted by Crippen LogP contribution is 2.35. The number of likely N-dealkylation sites (tertiary alicyclic amines) is 1. The Morgan fingerprint density at radius 2 is 1.67 bits per heavy atom. The largest absolute Gasteiger partial charge is 0.377 e. The molecule has 1 aromatic carbocycles. The number of rotatable bonds is 23. The Balaban J connectivity index is 0.869. The number of benzene rings is 1. The molecule has 6 N–H and O–H groups in total. The first-order chi connectivity index (χ1) is 25.3. The predicted octanol–water partition coefficient (Wildman–Crippen LogP) is 2.51. The third kappa shape index (κ3) is 11.9. The number of carbonyl (C=O) groups is 4. The summed E-state index contributed by atoms with van der Waals surface area (Å²) in [6.45, 7) is 5.90. The lowest BCUT2D eigenvalue weighted by atomic mass is 9.98. The fraction of sp³-hybridized carbons (Fsp3) is 0.639. The maximum atomic E-state index is 13.0. The van der Waals surface area contributed by atoms with E-state index in [-0.39, 0.29) is 48.3 Å². The minimum absolute atomic E-state index is 0.0250. The van der Waals surface area contributed by atoms with Gasteiger partial charge < -0.3 is 41.2 Å². The number of nitrogens with two attached hydrogens (primary N) is 1. The third-order valence-corrected chi connectivity index (χ3v) is 12.2. The molecule has 3 aliphatic rings. The Bertz CT molecular complexity index is 1460. The van der Waals surface area contributed by atoms with Gasteiger partial charge >= 0.3 is 6.03 Å². The second-order valence-electron chi connectivity index (χ2n) is 13.3. The standard InChI is InChI=1S/C36H53N7O7S2/c1-24-34(52-23-40-24)26-10-8-25(9-11-26)29(43-14-4-5-28(43)35(37)46)21-32(45)39-13-16-49-18-20-50-19-17-48-15-12-38-31(44)7-3-2-6-30-33-27(22-51-30)41-36(47)42-33/h8-11,23,27-30,33H,2-7,12-22H2,1H3,(H2,37,46)(H,38,44)(H,39,45)(H2,41,42,47)/t27-,28?,29-,30-,33-/m0/s1. The first kappa shape index (κ1) is 39.9. The smallest absolute Gasteiger partial charge is 0.315 e. The molecule has 5 amide bonds. The van der Waals surface area contributed by atoms with Crippen molar-refractivity contribution in [1.82, 2.24) is 31.2 Å². The number of aromatic nitrogens is 1. The van der Waals surface area contributed by atoms with Gasteiger partial charge in [-0.2, -0.15) is 11.8 Å². The molecule has 0 aliphatic carbocycles. The summed E-state index contributed by atoms with van der Waals surface area (Å²) in [5, 5.41) is 12.2. The number of fused-ring (bicyclic) bond motifs is 1. The van der Waals surface area contributed by atoms with Crippen LogP contribution in [-0.4, -0.2) is 122 Å². The van der Waals surface area contributed by atoms with Gasteiger partial charge in [-0.1, -0.05) is 30.7 Å². The molecule has 2 aromatic rings. The van der Waals surface area contributed by atoms with E-state index in [1.165, 1.54) is 0 Å². The van der Waals surface area contributed by atoms with Gasteiger partial charge in [0.15, 0.2) is 0 Å². The molecule has 286 valence electrons. The highest BCUT2D eigenvalue weighted by molar-refractivity contribution is 8.00. The number of hydrogen-bond acceptors (Lipinski definition) is 11. The zero-order valence-electron chi connectivity index (χ0n) is 29.9. The summed E-state index contributed by atoms with van der Waals surface area (Å²) in [6, 6.07) is 7.86. The van der Waals surface area contributed by atoms with Crippen molar-refractivity contribution in [3.63, 3.8) is 0 Å². The number of urea groups is 1. The summed E-state index contributed by atoms with van der Waals surface area (Å²) in [5.74, 6) is 0.495. The lowest BCUT2D eigenvalue weighted by molar-refractivity contribution is -0.126. The van der Waals surface area contributed by atoms with Crippen LogP contribution in [0.15, 0.2) is 29.8 Å². The number of primary amides is 1. The molecule has 52 heavy (non-hydrogen) atoms. The van der Waals surface area contributed by atoms with Crippen molar-refractivity contribution >= 4 is 46.9 Å². The fourth-order valence-electron chi connectivity index (χ4n) is 7.01. The Hall–Kier alpha value is -3.28. The van der Waals surface area contributed by atoms with Crippen LogP contribution >= 0.6 is 23.1 Å². The lowest BCUT2D eigenvalue weighted by Gasteiger charge is -2.32. The molecule has 0 saturated carbocycles. The first-order valence-electron chi connectivity index (χ1n) is 18.3. The average Bonchev–Trinajstić information content (AvgIpc) is 3.94. The van der Waals surface area contributed by atoms with Crippen LogP contribution < -0.4 is 27.0 Å². The number of ether oxygens (including phenoxy) is 3. The van der Waals surface area contributed by atoms with Crippen LogP contribution in [0.1, 0.15) is 62.2 Å². The number of thiazole rings is 1. The van der Waals surface area contributed by atoms with E-state index in [4.69, 9.17) is 19.9 Å². The van der Waals surface area contributed by atoms with E-state index in [1.807, 2.05) is 48.5 Å². The molecule has 14 nitrogen and oxygen atoms in total.